The molecule has 0 bridgehead atoms. The van der Waals surface area contributed by atoms with Crippen LogP contribution in [0.3, 0.4) is 0 Å². The first-order chi connectivity index (χ1) is 10.6. The SMILES string of the molecule is CCn1nc2ccc(F)cc2c1C(=O)c1ccc(OC)cn1. The van der Waals surface area contributed by atoms with Crippen LogP contribution >= 0.6 is 0 Å². The zero-order chi connectivity index (χ0) is 15.7. The molecule has 1 aromatic carbocycles. The maximum absolute atomic E-state index is 13.5. The first kappa shape index (κ1) is 14.2. The van der Waals surface area contributed by atoms with E-state index in [4.69, 9.17) is 4.74 Å². The highest BCUT2D eigenvalue weighted by Gasteiger charge is 2.20. The molecule has 5 nitrogen and oxygen atoms in total. The van der Waals surface area contributed by atoms with Gasteiger partial charge in [0.05, 0.1) is 18.8 Å². The Morgan fingerprint density at radius 1 is 1.32 bits per heavy atom. The van der Waals surface area contributed by atoms with Crippen molar-refractivity contribution >= 4 is 16.7 Å². The number of ketones is 1. The first-order valence-corrected chi connectivity index (χ1v) is 6.85. The van der Waals surface area contributed by atoms with E-state index in [1.807, 2.05) is 6.92 Å². The second-order valence-electron chi connectivity index (χ2n) is 4.74. The van der Waals surface area contributed by atoms with Crippen molar-refractivity contribution in [2.24, 2.45) is 0 Å². The van der Waals surface area contributed by atoms with Gasteiger partial charge in [-0.25, -0.2) is 9.37 Å². The van der Waals surface area contributed by atoms with E-state index in [0.717, 1.165) is 0 Å². The van der Waals surface area contributed by atoms with Crippen LogP contribution in [0.4, 0.5) is 4.39 Å². The normalized spacial score (nSPS) is 10.9. The summed E-state index contributed by atoms with van der Waals surface area (Å²) in [7, 11) is 1.53. The third kappa shape index (κ3) is 2.32. The average Bonchev–Trinajstić information content (AvgIpc) is 2.92. The van der Waals surface area contributed by atoms with Crippen LogP contribution < -0.4 is 4.74 Å². The fraction of sp³-hybridized carbons (Fsp3) is 0.188. The third-order valence-corrected chi connectivity index (χ3v) is 3.42. The van der Waals surface area contributed by atoms with Crippen molar-refractivity contribution in [3.63, 3.8) is 0 Å². The number of hydrogen-bond donors (Lipinski definition) is 0. The predicted molar refractivity (Wildman–Crippen MR) is 79.6 cm³/mol. The van der Waals surface area contributed by atoms with Crippen LogP contribution in [-0.4, -0.2) is 27.7 Å². The third-order valence-electron chi connectivity index (χ3n) is 3.42. The van der Waals surface area contributed by atoms with Crippen LogP contribution in [0.15, 0.2) is 36.5 Å². The molecule has 0 N–H and O–H groups in total. The number of halogens is 1. The van der Waals surface area contributed by atoms with Crippen molar-refractivity contribution < 1.29 is 13.9 Å². The Morgan fingerprint density at radius 3 is 2.77 bits per heavy atom. The summed E-state index contributed by atoms with van der Waals surface area (Å²) in [6.07, 6.45) is 1.47. The fourth-order valence-electron chi connectivity index (χ4n) is 2.33. The number of carbonyl (C=O) groups excluding carboxylic acids is 1. The van der Waals surface area contributed by atoms with Crippen LogP contribution in [0.2, 0.25) is 0 Å². The Bertz CT molecular complexity index is 840. The predicted octanol–water partition coefficient (Wildman–Crippen LogP) is 2.83. The highest BCUT2D eigenvalue weighted by molar-refractivity contribution is 6.14. The van der Waals surface area contributed by atoms with Crippen molar-refractivity contribution in [3.8, 4) is 5.75 Å². The molecule has 2 heterocycles. The van der Waals surface area contributed by atoms with E-state index < -0.39 is 5.82 Å². The maximum Gasteiger partial charge on any atom is 0.229 e. The van der Waals surface area contributed by atoms with E-state index in [1.165, 1.54) is 25.4 Å². The maximum atomic E-state index is 13.5. The van der Waals surface area contributed by atoms with Gasteiger partial charge in [-0.05, 0) is 37.3 Å². The molecule has 0 unspecified atom stereocenters. The molecule has 0 saturated carbocycles. The molecule has 0 aliphatic rings. The van der Waals surface area contributed by atoms with Crippen molar-refractivity contribution in [1.82, 2.24) is 14.8 Å². The average molecular weight is 299 g/mol. The molecule has 22 heavy (non-hydrogen) atoms. The molecule has 0 aliphatic heterocycles. The second-order valence-corrected chi connectivity index (χ2v) is 4.74. The van der Waals surface area contributed by atoms with Gasteiger partial charge in [-0.1, -0.05) is 0 Å². The van der Waals surface area contributed by atoms with Gasteiger partial charge in [0.15, 0.2) is 0 Å². The lowest BCUT2D eigenvalue weighted by Crippen LogP contribution is -2.12. The Hall–Kier alpha value is -2.76. The van der Waals surface area contributed by atoms with E-state index in [2.05, 4.69) is 10.1 Å². The number of methoxy groups -OCH3 is 1. The van der Waals surface area contributed by atoms with Crippen molar-refractivity contribution in [3.05, 3.63) is 53.7 Å². The largest absolute Gasteiger partial charge is 0.495 e. The Morgan fingerprint density at radius 2 is 2.14 bits per heavy atom. The van der Waals surface area contributed by atoms with E-state index in [9.17, 15) is 9.18 Å². The fourth-order valence-corrected chi connectivity index (χ4v) is 2.33. The summed E-state index contributed by atoms with van der Waals surface area (Å²) in [6.45, 7) is 2.38. The Labute approximate surface area is 126 Å². The van der Waals surface area contributed by atoms with Crippen LogP contribution in [0.1, 0.15) is 23.1 Å². The molecule has 3 aromatic rings. The van der Waals surface area contributed by atoms with Gasteiger partial charge in [0.1, 0.15) is 23.0 Å². The number of benzene rings is 1. The molecule has 2 aromatic heterocycles. The summed E-state index contributed by atoms with van der Waals surface area (Å²) < 4.78 is 20.1. The Balaban J connectivity index is 2.14. The molecule has 0 radical (unpaired) electrons. The van der Waals surface area contributed by atoms with Gasteiger partial charge in [0.2, 0.25) is 5.78 Å². The topological polar surface area (TPSA) is 57.0 Å². The standard InChI is InChI=1S/C16H14FN3O2/c1-3-20-15(12-8-10(17)4-6-13(12)19-20)16(21)14-7-5-11(22-2)9-18-14/h4-9H,3H2,1-2H3. The van der Waals surface area contributed by atoms with Crippen molar-refractivity contribution in [2.45, 2.75) is 13.5 Å². The molecule has 0 saturated heterocycles. The van der Waals surface area contributed by atoms with Crippen LogP contribution in [0, 0.1) is 5.82 Å². The van der Waals surface area contributed by atoms with Crippen LogP contribution in [0.5, 0.6) is 5.75 Å². The minimum Gasteiger partial charge on any atom is -0.495 e. The molecule has 0 fully saturated rings. The molecule has 0 amide bonds. The summed E-state index contributed by atoms with van der Waals surface area (Å²) in [5.41, 5.74) is 1.19. The summed E-state index contributed by atoms with van der Waals surface area (Å²) in [4.78, 5) is 16.8. The number of hydrogen-bond acceptors (Lipinski definition) is 4. The van der Waals surface area contributed by atoms with Gasteiger partial charge < -0.3 is 4.74 Å². The van der Waals surface area contributed by atoms with Gasteiger partial charge in [-0.15, -0.1) is 0 Å². The van der Waals surface area contributed by atoms with Crippen molar-refractivity contribution in [2.75, 3.05) is 7.11 Å². The minimum atomic E-state index is -0.403. The summed E-state index contributed by atoms with van der Waals surface area (Å²) in [5.74, 6) is -0.131. The van der Waals surface area contributed by atoms with Crippen LogP contribution in [0.25, 0.3) is 10.9 Å². The van der Waals surface area contributed by atoms with Gasteiger partial charge in [0, 0.05) is 11.9 Å². The molecule has 0 spiro atoms. The van der Waals surface area contributed by atoms with E-state index >= 15 is 0 Å². The number of ether oxygens (including phenoxy) is 1. The molecular formula is C16H14FN3O2. The second kappa shape index (κ2) is 5.55. The number of aryl methyl sites for hydroxylation is 1. The highest BCUT2D eigenvalue weighted by atomic mass is 19.1. The van der Waals surface area contributed by atoms with Gasteiger partial charge in [-0.3, -0.25) is 9.48 Å². The van der Waals surface area contributed by atoms with Crippen LogP contribution in [-0.2, 0) is 6.54 Å². The lowest BCUT2D eigenvalue weighted by molar-refractivity contribution is 0.102. The zero-order valence-corrected chi connectivity index (χ0v) is 12.2. The molecule has 3 rings (SSSR count). The number of fused-ring (bicyclic) bond motifs is 1. The lowest BCUT2D eigenvalue weighted by Gasteiger charge is -2.05. The number of carbonyl (C=O) groups is 1. The summed E-state index contributed by atoms with van der Waals surface area (Å²) in [5, 5.41) is 4.82. The highest BCUT2D eigenvalue weighted by Crippen LogP contribution is 2.22. The van der Waals surface area contributed by atoms with E-state index in [0.29, 0.717) is 28.9 Å². The molecule has 0 aliphatic carbocycles. The number of rotatable bonds is 4. The summed E-state index contributed by atoms with van der Waals surface area (Å²) in [6, 6.07) is 7.46. The minimum absolute atomic E-state index is 0.265. The smallest absolute Gasteiger partial charge is 0.229 e. The van der Waals surface area contributed by atoms with Gasteiger partial charge >= 0.3 is 0 Å². The first-order valence-electron chi connectivity index (χ1n) is 6.85. The van der Waals surface area contributed by atoms with Crippen molar-refractivity contribution in [1.29, 1.82) is 0 Å². The zero-order valence-electron chi connectivity index (χ0n) is 12.2. The summed E-state index contributed by atoms with van der Waals surface area (Å²) >= 11 is 0. The number of nitrogens with zero attached hydrogens (tertiary/aromatic N) is 3. The quantitative estimate of drug-likeness (QED) is 0.695. The number of pyridine rings is 1. The molecular weight excluding hydrogens is 285 g/mol. The van der Waals surface area contributed by atoms with E-state index in [1.54, 1.807) is 22.9 Å². The van der Waals surface area contributed by atoms with E-state index in [-0.39, 0.29) is 11.5 Å². The lowest BCUT2D eigenvalue weighted by atomic mass is 10.1. The monoisotopic (exact) mass is 299 g/mol. The van der Waals surface area contributed by atoms with Gasteiger partial charge in [-0.2, -0.15) is 5.10 Å². The Kier molecular flexibility index (Phi) is 3.58. The van der Waals surface area contributed by atoms with Gasteiger partial charge in [0.25, 0.3) is 0 Å². The molecule has 112 valence electrons. The molecule has 0 atom stereocenters. The molecule has 6 heteroatoms. The number of aromatic nitrogens is 3.